The maximum Gasteiger partial charge on any atom is 0.122 e. The van der Waals surface area contributed by atoms with Gasteiger partial charge in [-0.25, -0.2) is 9.97 Å². The van der Waals surface area contributed by atoms with Gasteiger partial charge in [0.1, 0.15) is 5.82 Å². The molecule has 3 rings (SSSR count). The average molecular weight is 352 g/mol. The fourth-order valence-electron chi connectivity index (χ4n) is 3.02. The molecule has 6 nitrogen and oxygen atoms in total. The van der Waals surface area contributed by atoms with Crippen molar-refractivity contribution in [3.63, 3.8) is 0 Å². The van der Waals surface area contributed by atoms with Gasteiger partial charge in [-0.2, -0.15) is 0 Å². The van der Waals surface area contributed by atoms with Gasteiger partial charge >= 0.3 is 0 Å². The number of hydrogen-bond acceptors (Lipinski definition) is 4. The fourth-order valence-corrected chi connectivity index (χ4v) is 3.02. The summed E-state index contributed by atoms with van der Waals surface area (Å²) in [4.78, 5) is 13.2. The Morgan fingerprint density at radius 3 is 2.42 bits per heavy atom. The van der Waals surface area contributed by atoms with Crippen molar-refractivity contribution in [1.82, 2.24) is 24.0 Å². The molecule has 2 heterocycles. The summed E-state index contributed by atoms with van der Waals surface area (Å²) in [5.41, 5.74) is 2.55. The van der Waals surface area contributed by atoms with Crippen molar-refractivity contribution >= 4 is 5.69 Å². The van der Waals surface area contributed by atoms with E-state index in [1.807, 2.05) is 31.1 Å². The van der Waals surface area contributed by atoms with Crippen molar-refractivity contribution in [2.24, 2.45) is 7.05 Å². The quantitative estimate of drug-likeness (QED) is 0.594. The van der Waals surface area contributed by atoms with Gasteiger partial charge in [-0.1, -0.05) is 12.1 Å². The Kier molecular flexibility index (Phi) is 6.07. The van der Waals surface area contributed by atoms with E-state index in [2.05, 4.69) is 74.3 Å². The third-order valence-corrected chi connectivity index (χ3v) is 4.59. The van der Waals surface area contributed by atoms with Gasteiger partial charge in [-0.05, 0) is 24.1 Å². The van der Waals surface area contributed by atoms with Gasteiger partial charge in [0.15, 0.2) is 0 Å². The molecule has 0 spiro atoms. The van der Waals surface area contributed by atoms with Crippen LogP contribution in [-0.4, -0.2) is 44.6 Å². The minimum atomic E-state index is 0.850. The minimum absolute atomic E-state index is 0.850. The molecule has 2 aromatic heterocycles. The highest BCUT2D eigenvalue weighted by Gasteiger charge is 2.10. The largest absolute Gasteiger partial charge is 0.378 e. The molecule has 138 valence electrons. The van der Waals surface area contributed by atoms with Crippen molar-refractivity contribution in [3.05, 3.63) is 66.8 Å². The molecule has 0 saturated carbocycles. The Bertz CT molecular complexity index is 773. The molecule has 0 radical (unpaired) electrons. The summed E-state index contributed by atoms with van der Waals surface area (Å²) >= 11 is 0. The number of aryl methyl sites for hydroxylation is 2. The van der Waals surface area contributed by atoms with E-state index >= 15 is 0 Å². The standard InChI is InChI=1S/C20H28N6/c1-23(2)19-7-5-18(6-8-19)15-26(16-20-22-10-13-24(20)3)12-4-11-25-14-9-21-17-25/h5-10,13-14,17H,4,11-12,15-16H2,1-3H3. The normalized spacial score (nSPS) is 11.2. The van der Waals surface area contributed by atoms with E-state index in [9.17, 15) is 0 Å². The summed E-state index contributed by atoms with van der Waals surface area (Å²) in [5, 5.41) is 0. The van der Waals surface area contributed by atoms with Crippen molar-refractivity contribution in [3.8, 4) is 0 Å². The van der Waals surface area contributed by atoms with Gasteiger partial charge in [-0.15, -0.1) is 0 Å². The number of rotatable bonds is 9. The monoisotopic (exact) mass is 352 g/mol. The van der Waals surface area contributed by atoms with Gasteiger partial charge in [0.2, 0.25) is 0 Å². The van der Waals surface area contributed by atoms with Crippen LogP contribution in [0.3, 0.4) is 0 Å². The molecule has 0 N–H and O–H groups in total. The molecule has 0 aliphatic carbocycles. The Labute approximate surface area is 155 Å². The van der Waals surface area contributed by atoms with Crippen molar-refractivity contribution < 1.29 is 0 Å². The highest BCUT2D eigenvalue weighted by molar-refractivity contribution is 5.45. The van der Waals surface area contributed by atoms with Crippen LogP contribution in [0.2, 0.25) is 0 Å². The second-order valence-electron chi connectivity index (χ2n) is 6.88. The van der Waals surface area contributed by atoms with E-state index < -0.39 is 0 Å². The third kappa shape index (κ3) is 4.95. The molecule has 0 amide bonds. The first kappa shape index (κ1) is 18.2. The first-order valence-corrected chi connectivity index (χ1v) is 9.02. The zero-order valence-electron chi connectivity index (χ0n) is 15.9. The topological polar surface area (TPSA) is 42.1 Å². The first-order valence-electron chi connectivity index (χ1n) is 9.02. The number of aromatic nitrogens is 4. The number of imidazole rings is 2. The number of anilines is 1. The van der Waals surface area contributed by atoms with Crippen LogP contribution in [0, 0.1) is 0 Å². The van der Waals surface area contributed by atoms with Crippen LogP contribution >= 0.6 is 0 Å². The van der Waals surface area contributed by atoms with E-state index in [4.69, 9.17) is 0 Å². The SMILES string of the molecule is CN(C)c1ccc(CN(CCCn2ccnc2)Cc2nccn2C)cc1. The summed E-state index contributed by atoms with van der Waals surface area (Å²) < 4.78 is 4.23. The highest BCUT2D eigenvalue weighted by atomic mass is 15.2. The number of hydrogen-bond donors (Lipinski definition) is 0. The average Bonchev–Trinajstić information content (AvgIpc) is 3.28. The lowest BCUT2D eigenvalue weighted by molar-refractivity contribution is 0.240. The van der Waals surface area contributed by atoms with Crippen LogP contribution in [0.5, 0.6) is 0 Å². The molecule has 0 saturated heterocycles. The summed E-state index contributed by atoms with van der Waals surface area (Å²) in [6.45, 7) is 3.77. The Balaban J connectivity index is 1.64. The Morgan fingerprint density at radius 2 is 1.81 bits per heavy atom. The zero-order chi connectivity index (χ0) is 18.4. The maximum absolute atomic E-state index is 4.49. The highest BCUT2D eigenvalue weighted by Crippen LogP contribution is 2.15. The minimum Gasteiger partial charge on any atom is -0.378 e. The lowest BCUT2D eigenvalue weighted by Crippen LogP contribution is -2.26. The van der Waals surface area contributed by atoms with Crippen LogP contribution in [-0.2, 0) is 26.7 Å². The Hall–Kier alpha value is -2.60. The summed E-state index contributed by atoms with van der Waals surface area (Å²) in [7, 11) is 6.19. The lowest BCUT2D eigenvalue weighted by atomic mass is 10.2. The number of benzene rings is 1. The molecule has 1 aromatic carbocycles. The molecule has 26 heavy (non-hydrogen) atoms. The molecular formula is C20H28N6. The molecule has 0 aliphatic heterocycles. The van der Waals surface area contributed by atoms with E-state index in [-0.39, 0.29) is 0 Å². The van der Waals surface area contributed by atoms with Gasteiger partial charge < -0.3 is 14.0 Å². The fraction of sp³-hybridized carbons (Fsp3) is 0.400. The van der Waals surface area contributed by atoms with Gasteiger partial charge in [0, 0.05) is 71.3 Å². The molecule has 0 unspecified atom stereocenters. The number of nitrogens with zero attached hydrogens (tertiary/aromatic N) is 6. The van der Waals surface area contributed by atoms with E-state index in [1.165, 1.54) is 11.3 Å². The predicted octanol–water partition coefficient (Wildman–Crippen LogP) is 2.78. The Morgan fingerprint density at radius 1 is 1.00 bits per heavy atom. The molecule has 6 heteroatoms. The van der Waals surface area contributed by atoms with E-state index in [0.29, 0.717) is 0 Å². The molecule has 0 atom stereocenters. The third-order valence-electron chi connectivity index (χ3n) is 4.59. The van der Waals surface area contributed by atoms with Crippen molar-refractivity contribution in [2.75, 3.05) is 25.5 Å². The van der Waals surface area contributed by atoms with Gasteiger partial charge in [0.05, 0.1) is 12.9 Å². The smallest absolute Gasteiger partial charge is 0.122 e. The lowest BCUT2D eigenvalue weighted by Gasteiger charge is -2.23. The van der Waals surface area contributed by atoms with E-state index in [1.54, 1.807) is 0 Å². The summed E-state index contributed by atoms with van der Waals surface area (Å²) in [6.07, 6.45) is 10.7. The van der Waals surface area contributed by atoms with Crippen molar-refractivity contribution in [2.45, 2.75) is 26.1 Å². The van der Waals surface area contributed by atoms with E-state index in [0.717, 1.165) is 38.4 Å². The van der Waals surface area contributed by atoms with Crippen LogP contribution in [0.4, 0.5) is 5.69 Å². The second kappa shape index (κ2) is 8.67. The molecule has 0 fully saturated rings. The van der Waals surface area contributed by atoms with Crippen LogP contribution < -0.4 is 4.90 Å². The first-order chi connectivity index (χ1) is 12.6. The second-order valence-corrected chi connectivity index (χ2v) is 6.88. The molecule has 0 bridgehead atoms. The predicted molar refractivity (Wildman–Crippen MR) is 105 cm³/mol. The summed E-state index contributed by atoms with van der Waals surface area (Å²) in [6, 6.07) is 8.80. The van der Waals surface area contributed by atoms with Crippen LogP contribution in [0.25, 0.3) is 0 Å². The molecule has 3 aromatic rings. The zero-order valence-corrected chi connectivity index (χ0v) is 15.9. The van der Waals surface area contributed by atoms with Gasteiger partial charge in [-0.3, -0.25) is 4.90 Å². The maximum atomic E-state index is 4.49. The van der Waals surface area contributed by atoms with Gasteiger partial charge in [0.25, 0.3) is 0 Å². The van der Waals surface area contributed by atoms with Crippen molar-refractivity contribution in [1.29, 1.82) is 0 Å². The molecular weight excluding hydrogens is 324 g/mol. The summed E-state index contributed by atoms with van der Waals surface area (Å²) in [5.74, 6) is 1.09. The molecule has 0 aliphatic rings. The van der Waals surface area contributed by atoms with Crippen LogP contribution in [0.15, 0.2) is 55.4 Å². The van der Waals surface area contributed by atoms with Crippen LogP contribution in [0.1, 0.15) is 17.8 Å².